The Balaban J connectivity index is 1.85. The van der Waals surface area contributed by atoms with Gasteiger partial charge in [0.15, 0.2) is 0 Å². The number of ether oxygens (including phenoxy) is 1. The first-order valence-corrected chi connectivity index (χ1v) is 8.07. The number of hydrogen-bond acceptors (Lipinski definition) is 5. The molecule has 0 radical (unpaired) electrons. The summed E-state index contributed by atoms with van der Waals surface area (Å²) in [5.74, 6) is 0.808. The maximum atomic E-state index is 8.11. The second kappa shape index (κ2) is 7.49. The Labute approximate surface area is 147 Å². The fourth-order valence-electron chi connectivity index (χ4n) is 2.40. The van der Waals surface area contributed by atoms with Gasteiger partial charge in [-0.05, 0) is 55.5 Å². The summed E-state index contributed by atoms with van der Waals surface area (Å²) in [7, 11) is 0. The van der Waals surface area contributed by atoms with E-state index in [1.165, 1.54) is 0 Å². The highest BCUT2D eigenvalue weighted by Gasteiger charge is 2.14. The van der Waals surface area contributed by atoms with E-state index in [0.29, 0.717) is 29.4 Å². The van der Waals surface area contributed by atoms with Gasteiger partial charge in [-0.15, -0.1) is 0 Å². The summed E-state index contributed by atoms with van der Waals surface area (Å²) in [5.41, 5.74) is 9.81. The van der Waals surface area contributed by atoms with E-state index in [9.17, 15) is 0 Å². The monoisotopic (exact) mass is 332 g/mol. The molecule has 0 heterocycles. The first kappa shape index (κ1) is 16.5. The summed E-state index contributed by atoms with van der Waals surface area (Å²) in [6.45, 7) is 2.57. The van der Waals surface area contributed by atoms with E-state index in [2.05, 4.69) is 10.3 Å². The number of allylic oxidation sites excluding steroid dienone is 2. The van der Waals surface area contributed by atoms with Crippen molar-refractivity contribution in [2.75, 3.05) is 11.9 Å². The normalized spacial score (nSPS) is 15.6. The predicted molar refractivity (Wildman–Crippen MR) is 103 cm³/mol. The molecule has 1 aliphatic rings. The second-order valence-corrected chi connectivity index (χ2v) is 5.49. The van der Waals surface area contributed by atoms with Crippen LogP contribution in [0.5, 0.6) is 5.75 Å². The molecule has 0 aromatic heterocycles. The van der Waals surface area contributed by atoms with Gasteiger partial charge in [-0.2, -0.15) is 0 Å². The molecular weight excluding hydrogens is 312 g/mol. The van der Waals surface area contributed by atoms with E-state index in [-0.39, 0.29) is 0 Å². The Morgan fingerprint density at radius 2 is 1.76 bits per heavy atom. The van der Waals surface area contributed by atoms with Crippen LogP contribution in [0.4, 0.5) is 11.4 Å². The summed E-state index contributed by atoms with van der Waals surface area (Å²) in [6.07, 6.45) is 3.40. The van der Waals surface area contributed by atoms with Gasteiger partial charge >= 0.3 is 0 Å². The molecule has 0 saturated carbocycles. The minimum atomic E-state index is 0.326. The van der Waals surface area contributed by atoms with Crippen LogP contribution in [0.2, 0.25) is 0 Å². The van der Waals surface area contributed by atoms with Crippen molar-refractivity contribution in [3.05, 3.63) is 78.1 Å². The van der Waals surface area contributed by atoms with Crippen LogP contribution in [-0.2, 0) is 0 Å². The van der Waals surface area contributed by atoms with Gasteiger partial charge in [-0.3, -0.25) is 5.41 Å². The smallest absolute Gasteiger partial charge is 0.119 e. The van der Waals surface area contributed by atoms with Crippen molar-refractivity contribution < 1.29 is 4.74 Å². The van der Waals surface area contributed by atoms with Gasteiger partial charge in [-0.25, -0.2) is 4.99 Å². The summed E-state index contributed by atoms with van der Waals surface area (Å²) in [5, 5.41) is 11.3. The van der Waals surface area contributed by atoms with Gasteiger partial charge < -0.3 is 15.8 Å². The highest BCUT2D eigenvalue weighted by Crippen LogP contribution is 2.21. The number of para-hydroxylation sites is 1. The quantitative estimate of drug-likeness (QED) is 0.723. The number of hydrogen-bond donors (Lipinski definition) is 3. The zero-order valence-electron chi connectivity index (χ0n) is 14.0. The molecule has 0 unspecified atom stereocenters. The highest BCUT2D eigenvalue weighted by atomic mass is 16.5. The fraction of sp³-hybridized carbons (Fsp3) is 0.100. The summed E-state index contributed by atoms with van der Waals surface area (Å²) < 4.78 is 5.43. The number of benzene rings is 2. The number of anilines is 1. The van der Waals surface area contributed by atoms with E-state index >= 15 is 0 Å². The van der Waals surface area contributed by atoms with Crippen LogP contribution in [0.3, 0.4) is 0 Å². The molecule has 0 atom stereocenters. The lowest BCUT2D eigenvalue weighted by Crippen LogP contribution is -2.21. The minimum absolute atomic E-state index is 0.326. The number of nitrogens with zero attached hydrogens (tertiary/aromatic N) is 1. The molecule has 3 rings (SSSR count). The van der Waals surface area contributed by atoms with Crippen LogP contribution in [-0.4, -0.2) is 18.0 Å². The average molecular weight is 332 g/mol. The lowest BCUT2D eigenvalue weighted by atomic mass is 10.0. The number of nitrogens with two attached hydrogens (primary N) is 1. The average Bonchev–Trinajstić information content (AvgIpc) is 2.62. The molecule has 4 N–H and O–H groups in total. The Kier molecular flexibility index (Phi) is 4.95. The van der Waals surface area contributed by atoms with Gasteiger partial charge in [0.2, 0.25) is 0 Å². The van der Waals surface area contributed by atoms with E-state index < -0.39 is 0 Å². The number of rotatable bonds is 5. The summed E-state index contributed by atoms with van der Waals surface area (Å²) in [4.78, 5) is 4.58. The molecule has 2 aromatic carbocycles. The fourth-order valence-corrected chi connectivity index (χ4v) is 2.40. The third kappa shape index (κ3) is 4.14. The van der Waals surface area contributed by atoms with Gasteiger partial charge in [-0.1, -0.05) is 18.2 Å². The van der Waals surface area contributed by atoms with Crippen molar-refractivity contribution in [2.24, 2.45) is 10.7 Å². The summed E-state index contributed by atoms with van der Waals surface area (Å²) in [6, 6.07) is 17.2. The minimum Gasteiger partial charge on any atom is -0.494 e. The van der Waals surface area contributed by atoms with Gasteiger partial charge in [0.05, 0.1) is 35.1 Å². The molecule has 0 bridgehead atoms. The molecule has 1 aliphatic carbocycles. The van der Waals surface area contributed by atoms with Gasteiger partial charge in [0.25, 0.3) is 0 Å². The third-order valence-corrected chi connectivity index (χ3v) is 3.62. The maximum absolute atomic E-state index is 8.11. The Hall–Kier alpha value is -3.34. The molecule has 5 nitrogen and oxygen atoms in total. The number of aliphatic imine (C=N–C) groups is 1. The van der Waals surface area contributed by atoms with Crippen molar-refractivity contribution in [1.82, 2.24) is 0 Å². The lowest BCUT2D eigenvalue weighted by Gasteiger charge is -2.16. The van der Waals surface area contributed by atoms with E-state index in [0.717, 1.165) is 17.1 Å². The van der Waals surface area contributed by atoms with Crippen LogP contribution in [0.15, 0.2) is 83.1 Å². The van der Waals surface area contributed by atoms with Crippen molar-refractivity contribution in [1.29, 1.82) is 5.41 Å². The van der Waals surface area contributed by atoms with Crippen LogP contribution < -0.4 is 15.8 Å². The molecule has 0 amide bonds. The molecule has 0 saturated heterocycles. The molecular formula is C20H20N4O. The maximum Gasteiger partial charge on any atom is 0.119 e. The predicted octanol–water partition coefficient (Wildman–Crippen LogP) is 4.03. The van der Waals surface area contributed by atoms with Crippen LogP contribution >= 0.6 is 0 Å². The SMILES string of the molecule is CCOc1ccc(/N=C2/C=C(Nc3ccccc3)C(=N)C=C2N)cc1. The molecule has 5 heteroatoms. The Morgan fingerprint density at radius 1 is 1.04 bits per heavy atom. The van der Waals surface area contributed by atoms with Crippen LogP contribution in [0.25, 0.3) is 0 Å². The first-order valence-electron chi connectivity index (χ1n) is 8.07. The molecule has 0 fully saturated rings. The van der Waals surface area contributed by atoms with Gasteiger partial charge in [0, 0.05) is 5.69 Å². The van der Waals surface area contributed by atoms with E-state index in [4.69, 9.17) is 15.9 Å². The molecule has 126 valence electrons. The Bertz CT molecular complexity index is 849. The second-order valence-electron chi connectivity index (χ2n) is 5.49. The van der Waals surface area contributed by atoms with Crippen molar-refractivity contribution in [3.8, 4) is 5.75 Å². The lowest BCUT2D eigenvalue weighted by molar-refractivity contribution is 0.340. The topological polar surface area (TPSA) is 83.5 Å². The summed E-state index contributed by atoms with van der Waals surface area (Å²) >= 11 is 0. The molecule has 25 heavy (non-hydrogen) atoms. The standard InChI is InChI=1S/C20H20N4O/c1-2-25-16-10-8-15(9-11-16)24-20-13-19(17(21)12-18(20)22)23-14-6-4-3-5-7-14/h3-13,21,23H,2,22H2,1H3/b21-17?,24-20-. The first-order chi connectivity index (χ1) is 12.2. The van der Waals surface area contributed by atoms with Crippen molar-refractivity contribution >= 4 is 22.8 Å². The number of nitrogens with one attached hydrogen (secondary N) is 2. The molecule has 0 aliphatic heterocycles. The van der Waals surface area contributed by atoms with E-state index in [1.54, 1.807) is 12.2 Å². The van der Waals surface area contributed by atoms with Crippen molar-refractivity contribution in [2.45, 2.75) is 6.92 Å². The molecule has 2 aromatic rings. The largest absolute Gasteiger partial charge is 0.494 e. The third-order valence-electron chi connectivity index (χ3n) is 3.62. The van der Waals surface area contributed by atoms with Crippen LogP contribution in [0, 0.1) is 5.41 Å². The van der Waals surface area contributed by atoms with Gasteiger partial charge in [0.1, 0.15) is 5.75 Å². The Morgan fingerprint density at radius 3 is 2.44 bits per heavy atom. The van der Waals surface area contributed by atoms with Crippen LogP contribution in [0.1, 0.15) is 6.92 Å². The highest BCUT2D eigenvalue weighted by molar-refractivity contribution is 6.23. The van der Waals surface area contributed by atoms with Crippen molar-refractivity contribution in [3.63, 3.8) is 0 Å². The van der Waals surface area contributed by atoms with E-state index in [1.807, 2.05) is 61.5 Å². The molecule has 0 spiro atoms. The zero-order chi connectivity index (χ0) is 17.6. The zero-order valence-corrected chi connectivity index (χ0v) is 14.0.